The number of hydrogen-bond donors (Lipinski definition) is 2. The lowest BCUT2D eigenvalue weighted by atomic mass is 9.84. The standard InChI is InChI=1S/C30H34F6N2O6/c1-16(2)20-12-19(28(41,29(31,32)33)30(34,35)36)13-21(17(3)4)24(20)42-11-7-6-10-38-25(39)27(5,37-26(38)40)18-8-9-22-23(14-18)44-15-43-22/h8-9,12-14,16-17,41H,6-7,10-11,15H2,1-5H3,(H,37,40). The van der Waals surface area contributed by atoms with Crippen LogP contribution in [0.5, 0.6) is 17.2 Å². The van der Waals surface area contributed by atoms with Gasteiger partial charge in [-0.3, -0.25) is 9.69 Å². The number of amides is 3. The Morgan fingerprint density at radius 2 is 1.50 bits per heavy atom. The van der Waals surface area contributed by atoms with Gasteiger partial charge in [0.05, 0.1) is 6.61 Å². The first-order valence-corrected chi connectivity index (χ1v) is 14.0. The molecule has 3 amide bonds. The summed E-state index contributed by atoms with van der Waals surface area (Å²) in [5.41, 5.74) is -7.06. The van der Waals surface area contributed by atoms with Crippen molar-refractivity contribution in [2.24, 2.45) is 0 Å². The lowest BCUT2D eigenvalue weighted by Gasteiger charge is -2.34. The molecule has 4 rings (SSSR count). The van der Waals surface area contributed by atoms with Crippen molar-refractivity contribution >= 4 is 11.9 Å². The van der Waals surface area contributed by atoms with Gasteiger partial charge < -0.3 is 24.6 Å². The molecule has 0 spiro atoms. The highest BCUT2D eigenvalue weighted by Gasteiger charge is 2.71. The Kier molecular flexibility index (Phi) is 8.82. The van der Waals surface area contributed by atoms with Crippen molar-refractivity contribution in [2.75, 3.05) is 19.9 Å². The van der Waals surface area contributed by atoms with Gasteiger partial charge in [-0.05, 0) is 72.6 Å². The fourth-order valence-electron chi connectivity index (χ4n) is 5.25. The van der Waals surface area contributed by atoms with E-state index in [1.165, 1.54) is 0 Å². The van der Waals surface area contributed by atoms with Crippen molar-refractivity contribution in [3.63, 3.8) is 0 Å². The third-order valence-electron chi connectivity index (χ3n) is 7.88. The van der Waals surface area contributed by atoms with Crippen LogP contribution in [-0.2, 0) is 15.9 Å². The highest BCUT2D eigenvalue weighted by Crippen LogP contribution is 2.52. The maximum atomic E-state index is 13.7. The Hall–Kier alpha value is -3.68. The second-order valence-corrected chi connectivity index (χ2v) is 11.6. The second-order valence-electron chi connectivity index (χ2n) is 11.6. The summed E-state index contributed by atoms with van der Waals surface area (Å²) in [7, 11) is 0. The highest BCUT2D eigenvalue weighted by molar-refractivity contribution is 6.07. The summed E-state index contributed by atoms with van der Waals surface area (Å²) in [6, 6.07) is 5.74. The molecular formula is C30H34F6N2O6. The minimum atomic E-state index is -6.02. The van der Waals surface area contributed by atoms with Crippen LogP contribution in [0.25, 0.3) is 0 Å². The van der Waals surface area contributed by atoms with Crippen molar-refractivity contribution in [2.45, 2.75) is 82.8 Å². The van der Waals surface area contributed by atoms with Crippen molar-refractivity contribution in [1.29, 1.82) is 0 Å². The molecule has 8 nitrogen and oxygen atoms in total. The van der Waals surface area contributed by atoms with Gasteiger partial charge in [0.1, 0.15) is 11.3 Å². The molecule has 1 saturated heterocycles. The van der Waals surface area contributed by atoms with Crippen LogP contribution in [0.1, 0.15) is 81.5 Å². The molecule has 2 aromatic carbocycles. The zero-order valence-electron chi connectivity index (χ0n) is 24.8. The first-order chi connectivity index (χ1) is 20.3. The van der Waals surface area contributed by atoms with E-state index < -0.39 is 52.8 Å². The van der Waals surface area contributed by atoms with Gasteiger partial charge in [0, 0.05) is 12.1 Å². The van der Waals surface area contributed by atoms with Gasteiger partial charge in [0.15, 0.2) is 11.5 Å². The number of fused-ring (bicyclic) bond motifs is 1. The first-order valence-electron chi connectivity index (χ1n) is 14.0. The quantitative estimate of drug-likeness (QED) is 0.174. The number of rotatable bonds is 10. The summed E-state index contributed by atoms with van der Waals surface area (Å²) in [5, 5.41) is 12.7. The number of nitrogens with one attached hydrogen (secondary N) is 1. The smallest absolute Gasteiger partial charge is 0.430 e. The summed E-state index contributed by atoms with van der Waals surface area (Å²) >= 11 is 0. The Morgan fingerprint density at radius 3 is 2.05 bits per heavy atom. The summed E-state index contributed by atoms with van der Waals surface area (Å²) in [4.78, 5) is 27.1. The molecule has 2 aromatic rings. The van der Waals surface area contributed by atoms with Crippen LogP contribution in [-0.4, -0.2) is 54.2 Å². The molecule has 2 aliphatic rings. The van der Waals surface area contributed by atoms with E-state index in [0.717, 1.165) is 4.90 Å². The summed E-state index contributed by atoms with van der Waals surface area (Å²) < 4.78 is 98.5. The number of alkyl halides is 6. The highest BCUT2D eigenvalue weighted by atomic mass is 19.4. The van der Waals surface area contributed by atoms with E-state index in [2.05, 4.69) is 5.32 Å². The Balaban J connectivity index is 1.48. The molecule has 1 fully saturated rings. The van der Waals surface area contributed by atoms with E-state index in [1.54, 1.807) is 52.8 Å². The molecule has 2 N–H and O–H groups in total. The Labute approximate surface area is 250 Å². The average Bonchev–Trinajstić information content (AvgIpc) is 3.48. The van der Waals surface area contributed by atoms with Crippen LogP contribution in [0.15, 0.2) is 30.3 Å². The predicted molar refractivity (Wildman–Crippen MR) is 146 cm³/mol. The molecule has 1 unspecified atom stereocenters. The number of halogens is 6. The molecule has 0 bridgehead atoms. The van der Waals surface area contributed by atoms with Gasteiger partial charge >= 0.3 is 18.4 Å². The Morgan fingerprint density at radius 1 is 0.932 bits per heavy atom. The van der Waals surface area contributed by atoms with Gasteiger partial charge in [0.2, 0.25) is 6.79 Å². The van der Waals surface area contributed by atoms with Crippen LogP contribution in [0.4, 0.5) is 31.1 Å². The maximum absolute atomic E-state index is 13.7. The molecule has 242 valence electrons. The lowest BCUT2D eigenvalue weighted by Crippen LogP contribution is -2.54. The van der Waals surface area contributed by atoms with E-state index in [0.29, 0.717) is 42.0 Å². The number of urea groups is 1. The largest absolute Gasteiger partial charge is 0.493 e. The van der Waals surface area contributed by atoms with Crippen LogP contribution >= 0.6 is 0 Å². The van der Waals surface area contributed by atoms with E-state index in [9.17, 15) is 41.0 Å². The number of ether oxygens (including phenoxy) is 3. The minimum Gasteiger partial charge on any atom is -0.493 e. The minimum absolute atomic E-state index is 0.00464. The van der Waals surface area contributed by atoms with Gasteiger partial charge in [-0.1, -0.05) is 33.8 Å². The van der Waals surface area contributed by atoms with Gasteiger partial charge in [-0.25, -0.2) is 4.79 Å². The predicted octanol–water partition coefficient (Wildman–Crippen LogP) is 6.60. The maximum Gasteiger partial charge on any atom is 0.430 e. The van der Waals surface area contributed by atoms with E-state index in [1.807, 2.05) is 0 Å². The van der Waals surface area contributed by atoms with Crippen molar-refractivity contribution in [3.05, 3.63) is 52.6 Å². The van der Waals surface area contributed by atoms with Gasteiger partial charge in [-0.15, -0.1) is 0 Å². The number of nitrogens with zero attached hydrogens (tertiary/aromatic N) is 1. The SMILES string of the molecule is CC(C)c1cc(C(O)(C(F)(F)F)C(F)(F)F)cc(C(C)C)c1OCCCCN1C(=O)NC(C)(c2ccc3c(c2)OCO3)C1=O. The van der Waals surface area contributed by atoms with Crippen LogP contribution in [0.3, 0.4) is 0 Å². The first kappa shape index (κ1) is 33.2. The fraction of sp³-hybridized carbons (Fsp3) is 0.533. The zero-order valence-corrected chi connectivity index (χ0v) is 24.8. The number of unbranched alkanes of at least 4 members (excludes halogenated alkanes) is 1. The number of carbonyl (C=O) groups is 2. The Bertz CT molecular complexity index is 1380. The summed E-state index contributed by atoms with van der Waals surface area (Å²) in [6.45, 7) is 8.04. The third kappa shape index (κ3) is 5.75. The molecular weight excluding hydrogens is 598 g/mol. The monoisotopic (exact) mass is 632 g/mol. The van der Waals surface area contributed by atoms with Crippen molar-refractivity contribution < 1.29 is 55.2 Å². The average molecular weight is 633 g/mol. The van der Waals surface area contributed by atoms with Crippen LogP contribution in [0.2, 0.25) is 0 Å². The lowest BCUT2D eigenvalue weighted by molar-refractivity contribution is -0.376. The number of aliphatic hydroxyl groups is 1. The second kappa shape index (κ2) is 11.7. The summed E-state index contributed by atoms with van der Waals surface area (Å²) in [5.74, 6) is -0.448. The van der Waals surface area contributed by atoms with Crippen molar-refractivity contribution in [1.82, 2.24) is 10.2 Å². The topological polar surface area (TPSA) is 97.3 Å². The zero-order chi connectivity index (χ0) is 32.8. The third-order valence-corrected chi connectivity index (χ3v) is 7.88. The molecule has 0 radical (unpaired) electrons. The molecule has 44 heavy (non-hydrogen) atoms. The number of benzene rings is 2. The van der Waals surface area contributed by atoms with E-state index in [-0.39, 0.29) is 36.8 Å². The van der Waals surface area contributed by atoms with Crippen molar-refractivity contribution in [3.8, 4) is 17.2 Å². The molecule has 0 aliphatic carbocycles. The number of hydrogen-bond acceptors (Lipinski definition) is 6. The van der Waals surface area contributed by atoms with Crippen LogP contribution in [0, 0.1) is 0 Å². The number of carbonyl (C=O) groups excluding carboxylic acids is 2. The molecule has 1 atom stereocenters. The molecule has 0 aromatic heterocycles. The summed E-state index contributed by atoms with van der Waals surface area (Å²) in [6.07, 6.45) is -11.4. The number of imide groups is 1. The molecule has 2 heterocycles. The van der Waals surface area contributed by atoms with E-state index >= 15 is 0 Å². The molecule has 0 saturated carbocycles. The fourth-order valence-corrected chi connectivity index (χ4v) is 5.25. The van der Waals surface area contributed by atoms with Crippen LogP contribution < -0.4 is 19.5 Å². The van der Waals surface area contributed by atoms with E-state index in [4.69, 9.17) is 14.2 Å². The van der Waals surface area contributed by atoms with Gasteiger partial charge in [0.25, 0.3) is 11.5 Å². The molecule has 14 heteroatoms. The normalized spacial score (nSPS) is 18.9. The molecule has 2 aliphatic heterocycles. The van der Waals surface area contributed by atoms with Gasteiger partial charge in [-0.2, -0.15) is 26.3 Å².